The van der Waals surface area contributed by atoms with E-state index < -0.39 is 24.1 Å². The maximum Gasteiger partial charge on any atom is 0.343 e. The number of rotatable bonds is 10. The fourth-order valence-electron chi connectivity index (χ4n) is 5.84. The molecule has 40 heavy (non-hydrogen) atoms. The summed E-state index contributed by atoms with van der Waals surface area (Å²) in [6, 6.07) is 24.1. The molecule has 3 aromatic rings. The fourth-order valence-corrected chi connectivity index (χ4v) is 5.84. The van der Waals surface area contributed by atoms with Gasteiger partial charge in [0, 0.05) is 12.5 Å². The zero-order valence-corrected chi connectivity index (χ0v) is 22.3. The fraction of sp³-hybridized carbons (Fsp3) is 0.375. The number of nitrogens with zero attached hydrogens (tertiary/aromatic N) is 1. The average molecular weight is 546 g/mol. The normalized spacial score (nSPS) is 20.4. The molecule has 1 heterocycles. The molecule has 5 rings (SSSR count). The Balaban J connectivity index is 1.36. The van der Waals surface area contributed by atoms with Crippen molar-refractivity contribution in [2.45, 2.75) is 49.7 Å². The number of hydrogen-bond donors (Lipinski definition) is 3. The molecule has 8 heteroatoms. The lowest BCUT2D eigenvalue weighted by atomic mass is 9.69. The molecule has 0 amide bonds. The number of likely N-dealkylation sites (tertiary alicyclic amines) is 1. The highest BCUT2D eigenvalue weighted by atomic mass is 16.6. The Morgan fingerprint density at radius 1 is 0.875 bits per heavy atom. The van der Waals surface area contributed by atoms with E-state index in [4.69, 9.17) is 14.6 Å². The summed E-state index contributed by atoms with van der Waals surface area (Å²) >= 11 is 0. The van der Waals surface area contributed by atoms with Crippen molar-refractivity contribution in [2.75, 3.05) is 26.2 Å². The van der Waals surface area contributed by atoms with Gasteiger partial charge in [-0.1, -0.05) is 48.5 Å². The quantitative estimate of drug-likeness (QED) is 0.261. The number of fused-ring (bicyclic) bond motifs is 1. The van der Waals surface area contributed by atoms with Crippen LogP contribution >= 0.6 is 0 Å². The van der Waals surface area contributed by atoms with E-state index in [9.17, 15) is 19.8 Å². The van der Waals surface area contributed by atoms with Crippen LogP contribution in [-0.2, 0) is 16.0 Å². The number of aliphatic hydroxyl groups is 2. The number of carboxylic acids is 1. The lowest BCUT2D eigenvalue weighted by Crippen LogP contribution is -2.41. The van der Waals surface area contributed by atoms with Gasteiger partial charge in [-0.15, -0.1) is 0 Å². The Morgan fingerprint density at radius 3 is 2.27 bits per heavy atom. The Morgan fingerprint density at radius 2 is 1.57 bits per heavy atom. The number of carbonyl (C=O) groups excluding carboxylic acids is 1. The first-order valence-electron chi connectivity index (χ1n) is 13.8. The second-order valence-electron chi connectivity index (χ2n) is 10.5. The summed E-state index contributed by atoms with van der Waals surface area (Å²) in [4.78, 5) is 25.6. The number of ether oxygens (including phenoxy) is 2. The van der Waals surface area contributed by atoms with E-state index in [1.54, 1.807) is 12.1 Å². The van der Waals surface area contributed by atoms with Gasteiger partial charge in [0.05, 0.1) is 0 Å². The zero-order valence-electron chi connectivity index (χ0n) is 22.3. The van der Waals surface area contributed by atoms with E-state index in [1.165, 1.54) is 18.4 Å². The van der Waals surface area contributed by atoms with Gasteiger partial charge in [-0.25, -0.2) is 9.59 Å². The summed E-state index contributed by atoms with van der Waals surface area (Å²) in [5.74, 6) is -1.57. The summed E-state index contributed by atoms with van der Waals surface area (Å²) < 4.78 is 11.3. The smallest absolute Gasteiger partial charge is 0.343 e. The van der Waals surface area contributed by atoms with Gasteiger partial charge in [-0.05, 0) is 91.2 Å². The third-order valence-corrected chi connectivity index (χ3v) is 7.93. The molecule has 0 saturated carbocycles. The first kappa shape index (κ1) is 27.8. The molecule has 0 radical (unpaired) electrons. The summed E-state index contributed by atoms with van der Waals surface area (Å²) in [5.41, 5.74) is 4.55. The standard InChI is InChI=1S/C32H35NO7/c34-29(31(36)37)30(35)32(38)40-25-13-15-27-23(20-25)10-14-26(21-6-2-1-3-7-21)28(27)22-8-11-24(12-9-22)39-19-18-33-16-4-5-17-33/h1-3,6-9,11-13,15,20,26,28-30,34-35H,4-5,10,14,16-19H2,(H,36,37)/t26-,28+,29?,30?/m1/s1. The Bertz CT molecular complexity index is 1300. The number of aliphatic carboxylic acids is 1. The number of aryl methyl sites for hydroxylation is 1. The Labute approximate surface area is 233 Å². The van der Waals surface area contributed by atoms with Gasteiger partial charge >= 0.3 is 11.9 Å². The maximum atomic E-state index is 12.2. The molecule has 3 N–H and O–H groups in total. The van der Waals surface area contributed by atoms with Gasteiger partial charge in [0.15, 0.2) is 12.2 Å². The van der Waals surface area contributed by atoms with Crippen LogP contribution in [0.25, 0.3) is 0 Å². The molecule has 0 bridgehead atoms. The van der Waals surface area contributed by atoms with Crippen molar-refractivity contribution in [2.24, 2.45) is 0 Å². The van der Waals surface area contributed by atoms with Gasteiger partial charge in [-0.3, -0.25) is 4.90 Å². The summed E-state index contributed by atoms with van der Waals surface area (Å²) in [6.07, 6.45) is -0.268. The average Bonchev–Trinajstić information content (AvgIpc) is 3.50. The highest BCUT2D eigenvalue weighted by Crippen LogP contribution is 2.47. The van der Waals surface area contributed by atoms with E-state index >= 15 is 0 Å². The second kappa shape index (κ2) is 12.6. The van der Waals surface area contributed by atoms with Gasteiger partial charge in [0.25, 0.3) is 0 Å². The molecule has 1 fully saturated rings. The van der Waals surface area contributed by atoms with Crippen LogP contribution < -0.4 is 9.47 Å². The topological polar surface area (TPSA) is 117 Å². The van der Waals surface area contributed by atoms with Gasteiger partial charge in [0.2, 0.25) is 0 Å². The van der Waals surface area contributed by atoms with Crippen LogP contribution in [-0.4, -0.2) is 70.6 Å². The predicted octanol–water partition coefficient (Wildman–Crippen LogP) is 3.73. The van der Waals surface area contributed by atoms with E-state index in [2.05, 4.69) is 41.3 Å². The number of hydrogen-bond acceptors (Lipinski definition) is 7. The van der Waals surface area contributed by atoms with Crippen molar-refractivity contribution in [1.82, 2.24) is 4.90 Å². The van der Waals surface area contributed by atoms with Crippen LogP contribution in [0.1, 0.15) is 53.4 Å². The number of esters is 1. The van der Waals surface area contributed by atoms with Crippen LogP contribution in [0.2, 0.25) is 0 Å². The van der Waals surface area contributed by atoms with Crippen molar-refractivity contribution < 1.29 is 34.4 Å². The van der Waals surface area contributed by atoms with Crippen LogP contribution in [0, 0.1) is 0 Å². The first-order valence-corrected chi connectivity index (χ1v) is 13.8. The molecular formula is C32H35NO7. The molecule has 3 aromatic carbocycles. The van der Waals surface area contributed by atoms with Crippen molar-refractivity contribution in [3.05, 3.63) is 95.1 Å². The molecule has 0 aromatic heterocycles. The lowest BCUT2D eigenvalue weighted by molar-refractivity contribution is -0.164. The third-order valence-electron chi connectivity index (χ3n) is 7.93. The summed E-state index contributed by atoms with van der Waals surface area (Å²) in [6.45, 7) is 3.90. The van der Waals surface area contributed by atoms with Crippen LogP contribution in [0.15, 0.2) is 72.8 Å². The van der Waals surface area contributed by atoms with Crippen LogP contribution in [0.3, 0.4) is 0 Å². The molecule has 0 spiro atoms. The monoisotopic (exact) mass is 545 g/mol. The maximum absolute atomic E-state index is 12.2. The molecule has 8 nitrogen and oxygen atoms in total. The third kappa shape index (κ3) is 6.36. The first-order chi connectivity index (χ1) is 19.4. The van der Waals surface area contributed by atoms with Crippen molar-refractivity contribution >= 4 is 11.9 Å². The molecule has 2 aliphatic rings. The highest BCUT2D eigenvalue weighted by molar-refractivity contribution is 5.85. The van der Waals surface area contributed by atoms with E-state index in [1.807, 2.05) is 24.3 Å². The van der Waals surface area contributed by atoms with Gasteiger partial charge in [0.1, 0.15) is 18.1 Å². The minimum Gasteiger partial charge on any atom is -0.492 e. The van der Waals surface area contributed by atoms with Crippen LogP contribution in [0.4, 0.5) is 0 Å². The SMILES string of the molecule is O=C(O)C(O)C(O)C(=O)Oc1ccc2c(c1)CC[C@H](c1ccccc1)[C@@H]2c1ccc(OCCN2CCCC2)cc1. The van der Waals surface area contributed by atoms with Gasteiger partial charge < -0.3 is 24.8 Å². The minimum absolute atomic E-state index is 0.0639. The Hall–Kier alpha value is -3.72. The van der Waals surface area contributed by atoms with Crippen LogP contribution in [0.5, 0.6) is 11.5 Å². The molecule has 1 aliphatic heterocycles. The van der Waals surface area contributed by atoms with Crippen molar-refractivity contribution in [1.29, 1.82) is 0 Å². The lowest BCUT2D eigenvalue weighted by Gasteiger charge is -2.35. The van der Waals surface area contributed by atoms with Gasteiger partial charge in [-0.2, -0.15) is 0 Å². The van der Waals surface area contributed by atoms with E-state index in [0.29, 0.717) is 6.61 Å². The summed E-state index contributed by atoms with van der Waals surface area (Å²) in [5, 5.41) is 28.2. The predicted molar refractivity (Wildman–Crippen MR) is 149 cm³/mol. The second-order valence-corrected chi connectivity index (χ2v) is 10.5. The molecule has 1 saturated heterocycles. The highest BCUT2D eigenvalue weighted by Gasteiger charge is 2.34. The minimum atomic E-state index is -2.26. The molecule has 2 unspecified atom stereocenters. The van der Waals surface area contributed by atoms with E-state index in [0.717, 1.165) is 54.9 Å². The zero-order chi connectivity index (χ0) is 28.1. The molecule has 1 aliphatic carbocycles. The molecular weight excluding hydrogens is 510 g/mol. The Kier molecular flexibility index (Phi) is 8.79. The molecule has 210 valence electrons. The number of benzene rings is 3. The largest absolute Gasteiger partial charge is 0.492 e. The van der Waals surface area contributed by atoms with Crippen molar-refractivity contribution in [3.63, 3.8) is 0 Å². The number of carboxylic acid groups (broad SMARTS) is 1. The van der Waals surface area contributed by atoms with Crippen molar-refractivity contribution in [3.8, 4) is 11.5 Å². The summed E-state index contributed by atoms with van der Waals surface area (Å²) in [7, 11) is 0. The molecule has 4 atom stereocenters. The number of aliphatic hydroxyl groups excluding tert-OH is 2. The number of carbonyl (C=O) groups is 2. The van der Waals surface area contributed by atoms with E-state index in [-0.39, 0.29) is 17.6 Å².